The van der Waals surface area contributed by atoms with Gasteiger partial charge < -0.3 is 14.5 Å². The minimum Gasteiger partial charge on any atom is -0.479 e. The van der Waals surface area contributed by atoms with Crippen LogP contribution >= 0.6 is 0 Å². The Balaban J connectivity index is 2.60. The van der Waals surface area contributed by atoms with Crippen LogP contribution in [-0.2, 0) is 0 Å². The molecule has 0 saturated carbocycles. The molecular formula is C7H12N2O2. The smallest absolute Gasteiger partial charge is 0.310 e. The highest BCUT2D eigenvalue weighted by Gasteiger charge is 2.05. The fourth-order valence-electron chi connectivity index (χ4n) is 0.887. The van der Waals surface area contributed by atoms with Gasteiger partial charge in [0.15, 0.2) is 5.82 Å². The van der Waals surface area contributed by atoms with Crippen LogP contribution in [0, 0.1) is 0 Å². The number of anilines is 1. The van der Waals surface area contributed by atoms with Crippen molar-refractivity contribution in [1.82, 2.24) is 5.16 Å². The molecule has 1 heterocycles. The van der Waals surface area contributed by atoms with E-state index in [1.165, 1.54) is 6.07 Å². The van der Waals surface area contributed by atoms with Crippen molar-refractivity contribution >= 4 is 5.82 Å². The number of aromatic hydroxyl groups is 1. The lowest BCUT2D eigenvalue weighted by atomic mass is 10.4. The Bertz CT molecular complexity index is 222. The monoisotopic (exact) mass is 156 g/mol. The van der Waals surface area contributed by atoms with Crippen molar-refractivity contribution in [2.75, 3.05) is 18.5 Å². The molecule has 0 atom stereocenters. The topological polar surface area (TPSA) is 49.5 Å². The molecule has 0 aliphatic rings. The molecule has 62 valence electrons. The third-order valence-electron chi connectivity index (χ3n) is 1.44. The van der Waals surface area contributed by atoms with E-state index >= 15 is 0 Å². The molecule has 0 fully saturated rings. The van der Waals surface area contributed by atoms with Gasteiger partial charge in [0.05, 0.1) is 6.07 Å². The Kier molecular flexibility index (Phi) is 2.36. The second kappa shape index (κ2) is 3.27. The maximum absolute atomic E-state index is 8.81. The highest BCUT2D eigenvalue weighted by atomic mass is 16.5. The molecule has 1 aromatic heterocycles. The molecule has 1 N–H and O–H groups in total. The van der Waals surface area contributed by atoms with Crippen molar-refractivity contribution in [2.45, 2.75) is 13.3 Å². The zero-order chi connectivity index (χ0) is 8.27. The van der Waals surface area contributed by atoms with Gasteiger partial charge in [0.2, 0.25) is 0 Å². The first-order chi connectivity index (χ1) is 5.24. The van der Waals surface area contributed by atoms with Crippen LogP contribution in [0.5, 0.6) is 5.95 Å². The lowest BCUT2D eigenvalue weighted by Crippen LogP contribution is -2.17. The van der Waals surface area contributed by atoms with Gasteiger partial charge in [-0.25, -0.2) is 0 Å². The van der Waals surface area contributed by atoms with E-state index in [4.69, 9.17) is 5.11 Å². The average Bonchev–Trinajstić information content (AvgIpc) is 2.36. The Morgan fingerprint density at radius 3 is 2.91 bits per heavy atom. The average molecular weight is 156 g/mol. The molecule has 0 saturated heterocycles. The summed E-state index contributed by atoms with van der Waals surface area (Å²) in [4.78, 5) is 1.92. The van der Waals surface area contributed by atoms with Crippen LogP contribution in [0.25, 0.3) is 0 Å². The Morgan fingerprint density at radius 2 is 2.45 bits per heavy atom. The summed E-state index contributed by atoms with van der Waals surface area (Å²) in [5.41, 5.74) is 0. The molecule has 0 radical (unpaired) electrons. The molecule has 11 heavy (non-hydrogen) atoms. The Labute approximate surface area is 65.4 Å². The van der Waals surface area contributed by atoms with Crippen LogP contribution in [0.2, 0.25) is 0 Å². The summed E-state index contributed by atoms with van der Waals surface area (Å²) in [5.74, 6) is 0.535. The number of aromatic nitrogens is 1. The Morgan fingerprint density at radius 1 is 1.73 bits per heavy atom. The number of rotatable bonds is 3. The third-order valence-corrected chi connectivity index (χ3v) is 1.44. The molecule has 4 heteroatoms. The van der Waals surface area contributed by atoms with Gasteiger partial charge in [-0.05, 0) is 6.42 Å². The van der Waals surface area contributed by atoms with Crippen molar-refractivity contribution in [3.63, 3.8) is 0 Å². The van der Waals surface area contributed by atoms with E-state index in [2.05, 4.69) is 16.6 Å². The van der Waals surface area contributed by atoms with Crippen LogP contribution in [0.4, 0.5) is 5.82 Å². The number of hydrogen-bond acceptors (Lipinski definition) is 4. The first-order valence-electron chi connectivity index (χ1n) is 3.61. The van der Waals surface area contributed by atoms with Crippen LogP contribution in [-0.4, -0.2) is 23.9 Å². The molecule has 0 bridgehead atoms. The largest absolute Gasteiger partial charge is 0.479 e. The van der Waals surface area contributed by atoms with Gasteiger partial charge in [0.25, 0.3) is 0 Å². The number of hydrogen-bond donors (Lipinski definition) is 1. The molecule has 0 aromatic carbocycles. The van der Waals surface area contributed by atoms with Crippen molar-refractivity contribution in [3.05, 3.63) is 6.07 Å². The first kappa shape index (κ1) is 7.91. The first-order valence-corrected chi connectivity index (χ1v) is 3.61. The molecule has 0 unspecified atom stereocenters. The van der Waals surface area contributed by atoms with Gasteiger partial charge in [-0.15, -0.1) is 0 Å². The molecular weight excluding hydrogens is 144 g/mol. The zero-order valence-corrected chi connectivity index (χ0v) is 6.74. The van der Waals surface area contributed by atoms with E-state index in [1.54, 1.807) is 0 Å². The summed E-state index contributed by atoms with van der Waals surface area (Å²) < 4.78 is 4.50. The van der Waals surface area contributed by atoms with Gasteiger partial charge >= 0.3 is 5.95 Å². The SMILES string of the molecule is CCCN(C)c1cc(O)on1. The molecule has 4 nitrogen and oxygen atoms in total. The molecule has 0 spiro atoms. The minimum absolute atomic E-state index is 0.136. The van der Waals surface area contributed by atoms with Crippen molar-refractivity contribution in [2.24, 2.45) is 0 Å². The van der Waals surface area contributed by atoms with Gasteiger partial charge in [-0.3, -0.25) is 0 Å². The van der Waals surface area contributed by atoms with Gasteiger partial charge in [-0.1, -0.05) is 12.1 Å². The zero-order valence-electron chi connectivity index (χ0n) is 6.74. The van der Waals surface area contributed by atoms with Gasteiger partial charge in [0.1, 0.15) is 0 Å². The standard InChI is InChI=1S/C7H12N2O2/c1-3-4-9(2)6-5-7(10)11-8-6/h5,10H,3-4H2,1-2H3. The van der Waals surface area contributed by atoms with Crippen molar-refractivity contribution in [1.29, 1.82) is 0 Å². The Hall–Kier alpha value is -1.19. The normalized spacial score (nSPS) is 10.0. The minimum atomic E-state index is -0.136. The quantitative estimate of drug-likeness (QED) is 0.715. The summed E-state index contributed by atoms with van der Waals surface area (Å²) in [5, 5.41) is 12.4. The van der Waals surface area contributed by atoms with Crippen LogP contribution in [0.15, 0.2) is 10.6 Å². The molecule has 0 aliphatic carbocycles. The second-order valence-corrected chi connectivity index (χ2v) is 2.44. The molecule has 0 amide bonds. The predicted molar refractivity (Wildman–Crippen MR) is 41.7 cm³/mol. The van der Waals surface area contributed by atoms with Crippen LogP contribution < -0.4 is 4.90 Å². The van der Waals surface area contributed by atoms with E-state index in [0.717, 1.165) is 13.0 Å². The summed E-state index contributed by atoms with van der Waals surface area (Å²) in [6.45, 7) is 2.99. The maximum atomic E-state index is 8.81. The van der Waals surface area contributed by atoms with E-state index in [9.17, 15) is 0 Å². The van der Waals surface area contributed by atoms with E-state index in [1.807, 2.05) is 11.9 Å². The fraction of sp³-hybridized carbons (Fsp3) is 0.571. The van der Waals surface area contributed by atoms with Gasteiger partial charge in [-0.2, -0.15) is 0 Å². The highest BCUT2D eigenvalue weighted by Crippen LogP contribution is 2.17. The molecule has 0 aliphatic heterocycles. The predicted octanol–water partition coefficient (Wildman–Crippen LogP) is 1.23. The van der Waals surface area contributed by atoms with Crippen molar-refractivity contribution in [3.8, 4) is 5.95 Å². The maximum Gasteiger partial charge on any atom is 0.310 e. The number of nitrogens with zero attached hydrogens (tertiary/aromatic N) is 2. The van der Waals surface area contributed by atoms with Crippen LogP contribution in [0.1, 0.15) is 13.3 Å². The van der Waals surface area contributed by atoms with E-state index in [-0.39, 0.29) is 5.95 Å². The van der Waals surface area contributed by atoms with Gasteiger partial charge in [0, 0.05) is 13.6 Å². The van der Waals surface area contributed by atoms with Crippen LogP contribution in [0.3, 0.4) is 0 Å². The summed E-state index contributed by atoms with van der Waals surface area (Å²) in [6.07, 6.45) is 1.05. The van der Waals surface area contributed by atoms with Crippen molar-refractivity contribution < 1.29 is 9.63 Å². The third kappa shape index (κ3) is 1.86. The van der Waals surface area contributed by atoms with E-state index < -0.39 is 0 Å². The summed E-state index contributed by atoms with van der Waals surface area (Å²) in [6, 6.07) is 1.50. The molecule has 1 aromatic rings. The second-order valence-electron chi connectivity index (χ2n) is 2.44. The summed E-state index contributed by atoms with van der Waals surface area (Å²) >= 11 is 0. The molecule has 1 rings (SSSR count). The summed E-state index contributed by atoms with van der Waals surface area (Å²) in [7, 11) is 1.90. The highest BCUT2D eigenvalue weighted by molar-refractivity contribution is 5.37. The fourth-order valence-corrected chi connectivity index (χ4v) is 0.887. The van der Waals surface area contributed by atoms with E-state index in [0.29, 0.717) is 5.82 Å². The lowest BCUT2D eigenvalue weighted by Gasteiger charge is -2.12. The lowest BCUT2D eigenvalue weighted by molar-refractivity contribution is 0.278.